The maximum absolute atomic E-state index is 13.4. The van der Waals surface area contributed by atoms with Crippen molar-refractivity contribution < 1.29 is 26.7 Å². The Morgan fingerprint density at radius 1 is 1.16 bits per heavy atom. The number of carbonyl (C=O) groups excluding carboxylic acids is 1. The molecular formula is C21H24F3N3O3S. The molecule has 0 saturated heterocycles. The van der Waals surface area contributed by atoms with E-state index in [1.807, 2.05) is 0 Å². The van der Waals surface area contributed by atoms with Crippen molar-refractivity contribution in [3.63, 3.8) is 0 Å². The highest BCUT2D eigenvalue weighted by Gasteiger charge is 2.51. The number of amides is 1. The Labute approximate surface area is 181 Å². The summed E-state index contributed by atoms with van der Waals surface area (Å²) in [5, 5.41) is 12.5. The molecule has 1 atom stereocenters. The third-order valence-electron chi connectivity index (χ3n) is 7.27. The van der Waals surface area contributed by atoms with E-state index in [0.717, 1.165) is 22.5 Å². The van der Waals surface area contributed by atoms with E-state index in [4.69, 9.17) is 0 Å². The van der Waals surface area contributed by atoms with Crippen molar-refractivity contribution >= 4 is 22.9 Å². The minimum atomic E-state index is -4.65. The molecule has 5 rings (SSSR count). The smallest absolute Gasteiger partial charge is 0.347 e. The Hall–Kier alpha value is -2.12. The quantitative estimate of drug-likeness (QED) is 0.637. The van der Waals surface area contributed by atoms with Crippen LogP contribution in [0.2, 0.25) is 0 Å². The zero-order valence-corrected chi connectivity index (χ0v) is 17.9. The van der Waals surface area contributed by atoms with E-state index in [2.05, 4.69) is 11.4 Å². The fourth-order valence-electron chi connectivity index (χ4n) is 4.86. The van der Waals surface area contributed by atoms with Gasteiger partial charge >= 0.3 is 6.18 Å². The Bertz CT molecular complexity index is 960. The van der Waals surface area contributed by atoms with Crippen LogP contribution in [0.25, 0.3) is 0 Å². The first-order valence-electron chi connectivity index (χ1n) is 10.3. The van der Waals surface area contributed by atoms with Crippen LogP contribution >= 0.6 is 0 Å². The highest BCUT2D eigenvalue weighted by atomic mass is 32.2. The van der Waals surface area contributed by atoms with Crippen LogP contribution in [0.15, 0.2) is 18.2 Å². The summed E-state index contributed by atoms with van der Waals surface area (Å²) in [6.45, 7) is 1.69. The minimum absolute atomic E-state index is 0.0550. The zero-order chi connectivity index (χ0) is 22.7. The molecule has 0 aliphatic heterocycles. The third kappa shape index (κ3) is 3.94. The van der Waals surface area contributed by atoms with E-state index < -0.39 is 40.0 Å². The van der Waals surface area contributed by atoms with Gasteiger partial charge in [0.15, 0.2) is 0 Å². The number of nitriles is 1. The van der Waals surface area contributed by atoms with Gasteiger partial charge in [-0.3, -0.25) is 13.7 Å². The van der Waals surface area contributed by atoms with Crippen molar-refractivity contribution in [2.75, 3.05) is 4.31 Å². The number of halogens is 3. The monoisotopic (exact) mass is 455 g/mol. The summed E-state index contributed by atoms with van der Waals surface area (Å²) in [5.41, 5.74) is -2.84. The minimum Gasteiger partial charge on any atom is -0.347 e. The van der Waals surface area contributed by atoms with Crippen LogP contribution in [0.1, 0.15) is 74.2 Å². The van der Waals surface area contributed by atoms with Crippen LogP contribution in [0, 0.1) is 16.7 Å². The topological polar surface area (TPSA) is 93.4 Å². The second kappa shape index (κ2) is 7.20. The number of nitrogens with one attached hydrogen (secondary N) is 1. The Balaban J connectivity index is 1.68. The average molecular weight is 456 g/mol. The molecule has 0 radical (unpaired) electrons. The molecule has 0 spiro atoms. The van der Waals surface area contributed by atoms with Gasteiger partial charge in [-0.25, -0.2) is 4.21 Å². The molecule has 2 bridgehead atoms. The van der Waals surface area contributed by atoms with Crippen molar-refractivity contribution in [1.29, 1.82) is 5.26 Å². The summed E-state index contributed by atoms with van der Waals surface area (Å²) >= 11 is -2.59. The van der Waals surface area contributed by atoms with Gasteiger partial charge in [-0.15, -0.1) is 0 Å². The summed E-state index contributed by atoms with van der Waals surface area (Å²) < 4.78 is 63.1. The number of anilines is 1. The number of fused-ring (bicyclic) bond motifs is 3. The van der Waals surface area contributed by atoms with Crippen LogP contribution in [-0.4, -0.2) is 25.7 Å². The zero-order valence-electron chi connectivity index (χ0n) is 17.1. The van der Waals surface area contributed by atoms with Gasteiger partial charge in [0.25, 0.3) is 17.2 Å². The first-order valence-corrected chi connectivity index (χ1v) is 11.4. The van der Waals surface area contributed by atoms with Crippen LogP contribution in [-0.2, 0) is 17.4 Å². The van der Waals surface area contributed by atoms with Crippen molar-refractivity contribution in [1.82, 2.24) is 5.32 Å². The molecule has 4 saturated carbocycles. The number of nitrogens with zero attached hydrogens (tertiary/aromatic N) is 2. The van der Waals surface area contributed by atoms with Gasteiger partial charge in [0.1, 0.15) is 0 Å². The lowest BCUT2D eigenvalue weighted by Gasteiger charge is -2.50. The van der Waals surface area contributed by atoms with Crippen LogP contribution in [0.5, 0.6) is 0 Å². The molecule has 4 aliphatic carbocycles. The summed E-state index contributed by atoms with van der Waals surface area (Å²) in [5.74, 6) is -0.560. The van der Waals surface area contributed by atoms with Gasteiger partial charge in [-0.05, 0) is 76.5 Å². The highest BCUT2D eigenvalue weighted by molar-refractivity contribution is 7.80. The molecule has 31 heavy (non-hydrogen) atoms. The molecule has 168 valence electrons. The van der Waals surface area contributed by atoms with E-state index in [9.17, 15) is 32.0 Å². The molecule has 1 unspecified atom stereocenters. The molecule has 1 aromatic rings. The SMILES string of the molecule is CC1(N(c2cc(C(F)(F)F)ccc2C(=O)NC23CCC(C#N)(CC2)CC3)S(=O)O)CC1. The molecule has 4 aliphatic rings. The molecule has 1 aromatic carbocycles. The number of hydrogen-bond donors (Lipinski definition) is 2. The Kier molecular flexibility index (Phi) is 5.13. The number of carbonyl (C=O) groups is 1. The second-order valence-electron chi connectivity index (χ2n) is 9.38. The van der Waals surface area contributed by atoms with Crippen molar-refractivity contribution in [3.05, 3.63) is 29.3 Å². The summed E-state index contributed by atoms with van der Waals surface area (Å²) in [4.78, 5) is 13.2. The van der Waals surface area contributed by atoms with E-state index in [1.165, 1.54) is 0 Å². The van der Waals surface area contributed by atoms with E-state index in [0.29, 0.717) is 51.4 Å². The van der Waals surface area contributed by atoms with Gasteiger partial charge in [0.2, 0.25) is 0 Å². The average Bonchev–Trinajstić information content (AvgIpc) is 3.45. The van der Waals surface area contributed by atoms with Crippen LogP contribution in [0.4, 0.5) is 18.9 Å². The molecule has 2 N–H and O–H groups in total. The summed E-state index contributed by atoms with van der Waals surface area (Å²) in [6.07, 6.45) is 0.356. The lowest BCUT2D eigenvalue weighted by Crippen LogP contribution is -2.56. The van der Waals surface area contributed by atoms with Crippen LogP contribution < -0.4 is 9.62 Å². The van der Waals surface area contributed by atoms with Gasteiger partial charge in [-0.2, -0.15) is 18.4 Å². The summed E-state index contributed by atoms with van der Waals surface area (Å²) in [6, 6.07) is 5.09. The number of benzene rings is 1. The van der Waals surface area contributed by atoms with Gasteiger partial charge < -0.3 is 5.32 Å². The number of rotatable bonds is 5. The lowest BCUT2D eigenvalue weighted by atomic mass is 9.58. The van der Waals surface area contributed by atoms with Crippen molar-refractivity contribution in [2.45, 2.75) is 75.5 Å². The predicted octanol–water partition coefficient (Wildman–Crippen LogP) is 4.55. The Morgan fingerprint density at radius 2 is 1.74 bits per heavy atom. The van der Waals surface area contributed by atoms with Crippen molar-refractivity contribution in [2.24, 2.45) is 5.41 Å². The number of hydrogen-bond acceptors (Lipinski definition) is 3. The van der Waals surface area contributed by atoms with Crippen molar-refractivity contribution in [3.8, 4) is 6.07 Å². The molecule has 0 heterocycles. The van der Waals surface area contributed by atoms with Gasteiger partial charge in [0, 0.05) is 5.54 Å². The number of alkyl halides is 3. The predicted molar refractivity (Wildman–Crippen MR) is 108 cm³/mol. The molecule has 10 heteroatoms. The first kappa shape index (κ1) is 22.1. The largest absolute Gasteiger partial charge is 0.416 e. The van der Waals surface area contributed by atoms with E-state index >= 15 is 0 Å². The Morgan fingerprint density at radius 3 is 2.19 bits per heavy atom. The third-order valence-corrected chi connectivity index (χ3v) is 8.22. The fourth-order valence-corrected chi connectivity index (χ4v) is 5.74. The molecular weight excluding hydrogens is 431 g/mol. The normalized spacial score (nSPS) is 29.7. The molecule has 4 fully saturated rings. The molecule has 6 nitrogen and oxygen atoms in total. The van der Waals surface area contributed by atoms with E-state index in [-0.39, 0.29) is 16.7 Å². The highest BCUT2D eigenvalue weighted by Crippen LogP contribution is 2.52. The maximum atomic E-state index is 13.4. The molecule has 1 amide bonds. The van der Waals surface area contributed by atoms with Crippen LogP contribution in [0.3, 0.4) is 0 Å². The molecule has 0 aromatic heterocycles. The van der Waals surface area contributed by atoms with Gasteiger partial charge in [-0.1, -0.05) is 0 Å². The summed E-state index contributed by atoms with van der Waals surface area (Å²) in [7, 11) is 0. The first-order chi connectivity index (χ1) is 14.4. The maximum Gasteiger partial charge on any atom is 0.416 e. The van der Waals surface area contributed by atoms with E-state index in [1.54, 1.807) is 6.92 Å². The second-order valence-corrected chi connectivity index (χ2v) is 10.2. The van der Waals surface area contributed by atoms with Gasteiger partial charge in [0.05, 0.1) is 33.8 Å². The fraction of sp³-hybridized carbons (Fsp3) is 0.619. The standard InChI is InChI=1S/C21H24F3N3O3S/c1-18(4-5-18)27(31(29)30)16-12-14(21(22,23)24)2-3-15(16)17(28)26-20-9-6-19(13-25,7-10-20)8-11-20/h2-3,12H,4-11H2,1H3,(H,26,28)(H,29,30). The lowest BCUT2D eigenvalue weighted by molar-refractivity contribution is -0.137.